The number of nitrogens with zero attached hydrogens (tertiary/aromatic N) is 1. The molecule has 0 bridgehead atoms. The van der Waals surface area contributed by atoms with E-state index in [1.54, 1.807) is 0 Å². The maximum atomic E-state index is 2.51. The minimum Gasteiger partial charge on any atom is -0.309 e. The van der Waals surface area contributed by atoms with Crippen molar-refractivity contribution in [3.8, 4) is 5.69 Å². The molecule has 0 unspecified atom stereocenters. The Labute approximate surface area is 379 Å². The lowest BCUT2D eigenvalue weighted by Gasteiger charge is -2.37. The van der Waals surface area contributed by atoms with Crippen molar-refractivity contribution in [3.05, 3.63) is 261 Å². The van der Waals surface area contributed by atoms with Crippen molar-refractivity contribution in [1.82, 2.24) is 4.57 Å². The topological polar surface area (TPSA) is 4.93 Å². The Bertz CT molecular complexity index is 3450. The van der Waals surface area contributed by atoms with Crippen LogP contribution in [0.15, 0.2) is 261 Å². The van der Waals surface area contributed by atoms with Crippen molar-refractivity contribution in [2.45, 2.75) is 0 Å². The van der Waals surface area contributed by atoms with Crippen LogP contribution < -0.4 is 41.5 Å². The molecule has 0 N–H and O–H groups in total. The second-order valence-electron chi connectivity index (χ2n) is 16.7. The van der Waals surface area contributed by atoms with Crippen LogP contribution in [0.3, 0.4) is 0 Å². The van der Waals surface area contributed by atoms with Gasteiger partial charge in [0.25, 0.3) is 0 Å². The summed E-state index contributed by atoms with van der Waals surface area (Å²) < 4.78 is 5.13. The number of hydrogen-bond acceptors (Lipinski definition) is 1. The van der Waals surface area contributed by atoms with Crippen LogP contribution in [0.5, 0.6) is 0 Å². The van der Waals surface area contributed by atoms with Crippen LogP contribution in [0.4, 0.5) is 0 Å². The quantitative estimate of drug-likeness (QED) is 0.101. The normalized spacial score (nSPS) is 12.1. The Balaban J connectivity index is 1.11. The maximum absolute atomic E-state index is 2.91. The van der Waals surface area contributed by atoms with Crippen molar-refractivity contribution in [1.29, 1.82) is 0 Å². The monoisotopic (exact) mass is 865 g/mol. The molecule has 0 aliphatic carbocycles. The van der Waals surface area contributed by atoms with Crippen LogP contribution in [-0.2, 0) is 0 Å². The lowest BCUT2D eigenvalue weighted by molar-refractivity contribution is 1.18. The van der Waals surface area contributed by atoms with Gasteiger partial charge in [-0.2, -0.15) is 0 Å². The fourth-order valence-electron chi connectivity index (χ4n) is 10.8. The van der Waals surface area contributed by atoms with E-state index in [1.807, 2.05) is 11.3 Å². The van der Waals surface area contributed by atoms with Crippen LogP contribution in [0.25, 0.3) is 47.7 Å². The molecular weight excluding hydrogens is 823 g/mol. The largest absolute Gasteiger partial charge is 0.309 e. The zero-order chi connectivity index (χ0) is 42.5. The Morgan fingerprint density at radius 1 is 0.266 bits per heavy atom. The summed E-state index contributed by atoms with van der Waals surface area (Å²) >= 11 is 1.94. The minimum absolute atomic E-state index is 1.16. The average Bonchev–Trinajstić information content (AvgIpc) is 3.93. The fraction of sp³-hybridized carbons (Fsp3) is 0. The first-order chi connectivity index (χ1) is 31.8. The number of hydrogen-bond donors (Lipinski definition) is 0. The van der Waals surface area contributed by atoms with Gasteiger partial charge in [0.1, 0.15) is 0 Å². The van der Waals surface area contributed by atoms with Gasteiger partial charge in [-0.15, -0.1) is 11.3 Å². The summed E-state index contributed by atoms with van der Waals surface area (Å²) in [6, 6.07) is 98.4. The summed E-state index contributed by atoms with van der Waals surface area (Å²) in [5.74, 6) is 0. The molecular formula is C60H43NSSi2. The highest BCUT2D eigenvalue weighted by Gasteiger charge is 2.45. The van der Waals surface area contributed by atoms with E-state index in [1.165, 1.54) is 83.5 Å². The van der Waals surface area contributed by atoms with E-state index in [9.17, 15) is 0 Å². The molecule has 0 saturated heterocycles. The molecule has 2 heterocycles. The summed E-state index contributed by atoms with van der Waals surface area (Å²) in [5.41, 5.74) is 3.60. The molecule has 64 heavy (non-hydrogen) atoms. The molecule has 302 valence electrons. The molecule has 0 amide bonds. The van der Waals surface area contributed by atoms with Crippen LogP contribution in [0.1, 0.15) is 0 Å². The zero-order valence-electron chi connectivity index (χ0n) is 35.2. The summed E-state index contributed by atoms with van der Waals surface area (Å²) in [4.78, 5) is 0. The van der Waals surface area contributed by atoms with Gasteiger partial charge < -0.3 is 4.57 Å². The first-order valence-electron chi connectivity index (χ1n) is 22.1. The van der Waals surface area contributed by atoms with Gasteiger partial charge in [0.2, 0.25) is 0 Å². The highest BCUT2D eigenvalue weighted by Crippen LogP contribution is 2.34. The van der Waals surface area contributed by atoms with Gasteiger partial charge >= 0.3 is 0 Å². The molecule has 0 aliphatic rings. The van der Waals surface area contributed by atoms with Crippen molar-refractivity contribution < 1.29 is 0 Å². The fourth-order valence-corrected chi connectivity index (χ4v) is 22.1. The molecule has 0 saturated carbocycles. The smallest absolute Gasteiger partial charge is 0.181 e. The van der Waals surface area contributed by atoms with E-state index >= 15 is 0 Å². The molecule has 12 aromatic rings. The van der Waals surface area contributed by atoms with E-state index in [4.69, 9.17) is 0 Å². The number of benzene rings is 10. The minimum atomic E-state index is -2.91. The highest BCUT2D eigenvalue weighted by atomic mass is 32.1. The number of aromatic nitrogens is 1. The SMILES string of the molecule is c1ccc([Si](c2ccccc2)(c2ccc(-n3c4ccccc4c4ccccc43)cc2)c2ccc([Si](c3ccccc3)(c3ccccc3)c3cccc4c3sc3ccccc34)cc2)cc1. The number of thiophene rings is 1. The summed E-state index contributed by atoms with van der Waals surface area (Å²) in [6.07, 6.45) is 0. The van der Waals surface area contributed by atoms with E-state index in [-0.39, 0.29) is 0 Å². The van der Waals surface area contributed by atoms with Gasteiger partial charge in [0.15, 0.2) is 16.1 Å². The maximum Gasteiger partial charge on any atom is 0.181 e. The highest BCUT2D eigenvalue weighted by molar-refractivity contribution is 7.30. The second-order valence-corrected chi connectivity index (χ2v) is 25.4. The third-order valence-corrected chi connectivity index (χ3v) is 24.5. The van der Waals surface area contributed by atoms with Crippen LogP contribution >= 0.6 is 11.3 Å². The molecule has 4 heteroatoms. The first kappa shape index (κ1) is 38.3. The average molecular weight is 866 g/mol. The summed E-state index contributed by atoms with van der Waals surface area (Å²) in [7, 11) is -5.80. The molecule has 0 aliphatic heterocycles. The molecule has 10 aromatic carbocycles. The van der Waals surface area contributed by atoms with Crippen molar-refractivity contribution in [2.75, 3.05) is 0 Å². The molecule has 1 nitrogen and oxygen atoms in total. The van der Waals surface area contributed by atoms with Crippen LogP contribution in [-0.4, -0.2) is 20.7 Å². The summed E-state index contributed by atoms with van der Waals surface area (Å²) in [5, 5.41) is 16.2. The Kier molecular flexibility index (Phi) is 9.45. The standard InChI is InChI=1S/C60H43NSSi2/c1-5-20-45(21-6-1)63(46-22-7-2-8-23-46,49-38-36-44(37-39-49)61-56-32-16-13-28-52(56)53-29-14-17-33-57(53)61)50-40-42-51(43-41-50)64(47-24-9-3-10-25-47,48-26-11-4-12-27-48)59-35-19-31-55-54-30-15-18-34-58(54)62-60(55)59/h1-43H. The van der Waals surface area contributed by atoms with Gasteiger partial charge in [0, 0.05) is 36.6 Å². The summed E-state index contributed by atoms with van der Waals surface area (Å²) in [6.45, 7) is 0. The lowest BCUT2D eigenvalue weighted by Crippen LogP contribution is -2.76. The van der Waals surface area contributed by atoms with E-state index < -0.39 is 16.1 Å². The van der Waals surface area contributed by atoms with E-state index in [2.05, 4.69) is 265 Å². The predicted octanol–water partition coefficient (Wildman–Crippen LogP) is 9.91. The predicted molar refractivity (Wildman–Crippen MR) is 281 cm³/mol. The number of fused-ring (bicyclic) bond motifs is 6. The van der Waals surface area contributed by atoms with Gasteiger partial charge in [-0.25, -0.2) is 0 Å². The van der Waals surface area contributed by atoms with Gasteiger partial charge in [-0.1, -0.05) is 231 Å². The van der Waals surface area contributed by atoms with Crippen LogP contribution in [0.2, 0.25) is 0 Å². The lowest BCUT2D eigenvalue weighted by atomic mass is 10.1. The Hall–Kier alpha value is -7.35. The van der Waals surface area contributed by atoms with Gasteiger partial charge in [-0.3, -0.25) is 0 Å². The van der Waals surface area contributed by atoms with Crippen molar-refractivity contribution >= 4 is 111 Å². The Morgan fingerprint density at radius 2 is 0.625 bits per heavy atom. The molecule has 0 atom stereocenters. The molecule has 2 aromatic heterocycles. The molecule has 12 rings (SSSR count). The molecule has 0 radical (unpaired) electrons. The van der Waals surface area contributed by atoms with E-state index in [0.29, 0.717) is 0 Å². The number of para-hydroxylation sites is 2. The Morgan fingerprint density at radius 3 is 1.12 bits per heavy atom. The number of rotatable bonds is 9. The van der Waals surface area contributed by atoms with E-state index in [0.717, 1.165) is 5.69 Å². The van der Waals surface area contributed by atoms with Crippen LogP contribution in [0, 0.1) is 0 Å². The van der Waals surface area contributed by atoms with Crippen molar-refractivity contribution in [2.24, 2.45) is 0 Å². The van der Waals surface area contributed by atoms with Gasteiger partial charge in [0.05, 0.1) is 11.0 Å². The molecule has 0 fully saturated rings. The first-order valence-corrected chi connectivity index (χ1v) is 26.9. The zero-order valence-corrected chi connectivity index (χ0v) is 38.0. The third kappa shape index (κ3) is 5.87. The molecule has 0 spiro atoms. The van der Waals surface area contributed by atoms with Crippen molar-refractivity contribution in [3.63, 3.8) is 0 Å². The third-order valence-electron chi connectivity index (χ3n) is 13.5. The van der Waals surface area contributed by atoms with Gasteiger partial charge in [-0.05, 0) is 71.8 Å². The second kappa shape index (κ2) is 15.8.